The molecule has 2 aromatic rings. The number of aliphatic hydroxyl groups excluding tert-OH is 1. The van der Waals surface area contributed by atoms with E-state index >= 15 is 0 Å². The summed E-state index contributed by atoms with van der Waals surface area (Å²) in [7, 11) is 1.44. The molecule has 34 heavy (non-hydrogen) atoms. The number of hydrogen-bond donors (Lipinski definition) is 1. The van der Waals surface area contributed by atoms with Gasteiger partial charge in [-0.1, -0.05) is 23.7 Å². The van der Waals surface area contributed by atoms with Crippen LogP contribution in [0.15, 0.2) is 42.0 Å². The number of likely N-dealkylation sites (tertiary alicyclic amines) is 1. The number of halogens is 1. The van der Waals surface area contributed by atoms with Crippen molar-refractivity contribution in [2.24, 2.45) is 0 Å². The maximum atomic E-state index is 13.3. The number of nitrogens with zero attached hydrogens (tertiary/aromatic N) is 1. The highest BCUT2D eigenvalue weighted by molar-refractivity contribution is 6.46. The maximum Gasteiger partial charge on any atom is 0.295 e. The first-order valence-electron chi connectivity index (χ1n) is 11.3. The Kier molecular flexibility index (Phi) is 7.14. The minimum atomic E-state index is -0.788. The van der Waals surface area contributed by atoms with Crippen molar-refractivity contribution >= 4 is 29.1 Å². The second-order valence-corrected chi connectivity index (χ2v) is 8.82. The van der Waals surface area contributed by atoms with Crippen LogP contribution in [0.4, 0.5) is 0 Å². The molecule has 2 aliphatic rings. The van der Waals surface area contributed by atoms with E-state index < -0.39 is 17.7 Å². The number of benzene rings is 2. The van der Waals surface area contributed by atoms with Crippen molar-refractivity contribution in [2.75, 3.05) is 26.9 Å². The highest BCUT2D eigenvalue weighted by Gasteiger charge is 2.47. The number of methoxy groups -OCH3 is 1. The molecule has 4 rings (SSSR count). The predicted molar refractivity (Wildman–Crippen MR) is 128 cm³/mol. The average molecular weight is 486 g/mol. The summed E-state index contributed by atoms with van der Waals surface area (Å²) in [6.07, 6.45) is 1.55. The number of rotatable bonds is 7. The third kappa shape index (κ3) is 4.50. The summed E-state index contributed by atoms with van der Waals surface area (Å²) >= 11 is 6.34. The van der Waals surface area contributed by atoms with Crippen molar-refractivity contribution < 1.29 is 28.9 Å². The van der Waals surface area contributed by atoms with E-state index in [2.05, 4.69) is 0 Å². The second-order valence-electron chi connectivity index (χ2n) is 8.42. The monoisotopic (exact) mass is 485 g/mol. The lowest BCUT2D eigenvalue weighted by Gasteiger charge is -2.27. The molecule has 2 atom stereocenters. The van der Waals surface area contributed by atoms with E-state index in [1.807, 2.05) is 13.8 Å². The number of ether oxygens (including phenoxy) is 3. The summed E-state index contributed by atoms with van der Waals surface area (Å²) in [6.45, 7) is 5.11. The summed E-state index contributed by atoms with van der Waals surface area (Å²) in [5.74, 6) is -0.841. The zero-order valence-corrected chi connectivity index (χ0v) is 20.2. The molecule has 0 aliphatic carbocycles. The SMILES string of the molecule is CCOc1ccc(C2/C(=C(\O)c3cc(C)cc(Cl)c3OC)C(=O)C(=O)N2CC2CCCO2)cc1. The zero-order valence-electron chi connectivity index (χ0n) is 19.5. The molecule has 0 radical (unpaired) electrons. The quantitative estimate of drug-likeness (QED) is 0.349. The highest BCUT2D eigenvalue weighted by Crippen LogP contribution is 2.43. The molecule has 8 heteroatoms. The molecule has 0 saturated carbocycles. The number of ketones is 1. The lowest BCUT2D eigenvalue weighted by atomic mass is 9.94. The van der Waals surface area contributed by atoms with Crippen LogP contribution < -0.4 is 9.47 Å². The summed E-state index contributed by atoms with van der Waals surface area (Å²) in [5.41, 5.74) is 1.71. The van der Waals surface area contributed by atoms with E-state index in [1.54, 1.807) is 36.4 Å². The van der Waals surface area contributed by atoms with Crippen molar-refractivity contribution in [2.45, 2.75) is 38.8 Å². The Hall–Kier alpha value is -3.03. The summed E-state index contributed by atoms with van der Waals surface area (Å²) in [6, 6.07) is 9.78. The standard InChI is InChI=1S/C26H28ClNO6/c1-4-33-17-9-7-16(8-10-17)22-21(23(29)19-12-15(2)13-20(27)25(19)32-3)24(30)26(31)28(22)14-18-6-5-11-34-18/h7-10,12-13,18,22,29H,4-6,11,14H2,1-3H3/b23-21+. The van der Waals surface area contributed by atoms with E-state index in [0.717, 1.165) is 18.4 Å². The fraction of sp³-hybridized carbons (Fsp3) is 0.385. The topological polar surface area (TPSA) is 85.3 Å². The van der Waals surface area contributed by atoms with Gasteiger partial charge >= 0.3 is 0 Å². The number of aliphatic hydroxyl groups is 1. The lowest BCUT2D eigenvalue weighted by molar-refractivity contribution is -0.140. The van der Waals surface area contributed by atoms with Crippen LogP contribution in [-0.4, -0.2) is 54.7 Å². The molecule has 7 nitrogen and oxygen atoms in total. The van der Waals surface area contributed by atoms with Gasteiger partial charge < -0.3 is 24.2 Å². The van der Waals surface area contributed by atoms with Gasteiger partial charge in [-0.15, -0.1) is 0 Å². The lowest BCUT2D eigenvalue weighted by Crippen LogP contribution is -2.36. The smallest absolute Gasteiger partial charge is 0.295 e. The normalized spacial score (nSPS) is 21.8. The van der Waals surface area contributed by atoms with Crippen LogP contribution in [0.2, 0.25) is 5.02 Å². The van der Waals surface area contributed by atoms with Crippen LogP contribution in [0, 0.1) is 6.92 Å². The summed E-state index contributed by atoms with van der Waals surface area (Å²) < 4.78 is 16.7. The number of amides is 1. The van der Waals surface area contributed by atoms with Gasteiger partial charge in [0.25, 0.3) is 11.7 Å². The fourth-order valence-corrected chi connectivity index (χ4v) is 4.94. The molecule has 2 aromatic carbocycles. The van der Waals surface area contributed by atoms with Gasteiger partial charge in [-0.3, -0.25) is 9.59 Å². The molecular formula is C26H28ClNO6. The minimum Gasteiger partial charge on any atom is -0.507 e. The first-order valence-corrected chi connectivity index (χ1v) is 11.7. The molecule has 2 fully saturated rings. The largest absolute Gasteiger partial charge is 0.507 e. The Morgan fingerprint density at radius 1 is 1.24 bits per heavy atom. The Labute approximate surface area is 203 Å². The fourth-order valence-electron chi connectivity index (χ4n) is 4.59. The third-order valence-corrected chi connectivity index (χ3v) is 6.40. The molecule has 180 valence electrons. The van der Waals surface area contributed by atoms with E-state index in [9.17, 15) is 14.7 Å². The molecule has 2 unspecified atom stereocenters. The first kappa shape index (κ1) is 24.1. The van der Waals surface area contributed by atoms with Gasteiger partial charge in [0.05, 0.1) is 42.0 Å². The van der Waals surface area contributed by atoms with E-state index in [0.29, 0.717) is 29.5 Å². The van der Waals surface area contributed by atoms with E-state index in [1.165, 1.54) is 12.0 Å². The number of aryl methyl sites for hydroxylation is 1. The molecular weight excluding hydrogens is 458 g/mol. The van der Waals surface area contributed by atoms with Crippen molar-refractivity contribution in [3.63, 3.8) is 0 Å². The van der Waals surface area contributed by atoms with Gasteiger partial charge in [-0.2, -0.15) is 0 Å². The van der Waals surface area contributed by atoms with Crippen molar-refractivity contribution in [1.29, 1.82) is 0 Å². The van der Waals surface area contributed by atoms with Crippen molar-refractivity contribution in [1.82, 2.24) is 4.90 Å². The van der Waals surface area contributed by atoms with Crippen LogP contribution in [-0.2, 0) is 14.3 Å². The second kappa shape index (κ2) is 10.1. The Morgan fingerprint density at radius 2 is 1.97 bits per heavy atom. The van der Waals surface area contributed by atoms with Gasteiger partial charge in [0.2, 0.25) is 0 Å². The highest BCUT2D eigenvalue weighted by atomic mass is 35.5. The molecule has 1 N–H and O–H groups in total. The average Bonchev–Trinajstić information content (AvgIpc) is 3.41. The Bertz CT molecular complexity index is 1120. The van der Waals surface area contributed by atoms with E-state index in [4.69, 9.17) is 25.8 Å². The molecule has 1 amide bonds. The van der Waals surface area contributed by atoms with Crippen molar-refractivity contribution in [3.8, 4) is 11.5 Å². The van der Waals surface area contributed by atoms with Gasteiger partial charge in [0.1, 0.15) is 17.3 Å². The Morgan fingerprint density at radius 3 is 2.59 bits per heavy atom. The van der Waals surface area contributed by atoms with Crippen molar-refractivity contribution in [3.05, 3.63) is 63.7 Å². The van der Waals surface area contributed by atoms with Crippen LogP contribution in [0.3, 0.4) is 0 Å². The van der Waals surface area contributed by atoms with Crippen LogP contribution in [0.25, 0.3) is 5.76 Å². The van der Waals surface area contributed by atoms with Crippen LogP contribution >= 0.6 is 11.6 Å². The van der Waals surface area contributed by atoms with Gasteiger partial charge in [0.15, 0.2) is 0 Å². The number of carbonyl (C=O) groups is 2. The van der Waals surface area contributed by atoms with Crippen LogP contribution in [0.1, 0.15) is 42.5 Å². The Balaban J connectivity index is 1.86. The molecule has 0 spiro atoms. The summed E-state index contributed by atoms with van der Waals surface area (Å²) in [5, 5.41) is 11.7. The molecule has 2 aliphatic heterocycles. The third-order valence-electron chi connectivity index (χ3n) is 6.12. The van der Waals surface area contributed by atoms with Gasteiger partial charge in [-0.05, 0) is 62.1 Å². The number of Topliss-reactive ketones (excluding diaryl/α,β-unsaturated/α-hetero) is 1. The number of carbonyl (C=O) groups excluding carboxylic acids is 2. The van der Waals surface area contributed by atoms with Crippen LogP contribution in [0.5, 0.6) is 11.5 Å². The zero-order chi connectivity index (χ0) is 24.4. The molecule has 0 bridgehead atoms. The van der Waals surface area contributed by atoms with Gasteiger partial charge in [0, 0.05) is 13.2 Å². The maximum absolute atomic E-state index is 13.3. The van der Waals surface area contributed by atoms with E-state index in [-0.39, 0.29) is 35.3 Å². The van der Waals surface area contributed by atoms with Gasteiger partial charge in [-0.25, -0.2) is 0 Å². The first-order chi connectivity index (χ1) is 16.3. The summed E-state index contributed by atoms with van der Waals surface area (Å²) in [4.78, 5) is 27.9. The number of hydrogen-bond acceptors (Lipinski definition) is 6. The molecule has 0 aromatic heterocycles. The predicted octanol–water partition coefficient (Wildman–Crippen LogP) is 4.66. The minimum absolute atomic E-state index is 0.00729. The molecule has 2 saturated heterocycles. The molecule has 2 heterocycles.